The molecule has 3 aromatic rings. The highest BCUT2D eigenvalue weighted by Crippen LogP contribution is 2.36. The number of aromatic nitrogens is 3. The second kappa shape index (κ2) is 7.59. The number of hydrogen-bond donors (Lipinski definition) is 1. The lowest BCUT2D eigenvalue weighted by atomic mass is 10.2. The molecular formula is C20H20N4O4. The van der Waals surface area contributed by atoms with Gasteiger partial charge in [-0.05, 0) is 49.4 Å². The zero-order valence-corrected chi connectivity index (χ0v) is 15.6. The summed E-state index contributed by atoms with van der Waals surface area (Å²) in [6.45, 7) is 4.37. The molecule has 28 heavy (non-hydrogen) atoms. The Labute approximate surface area is 162 Å². The van der Waals surface area contributed by atoms with Crippen LogP contribution in [0, 0.1) is 0 Å². The summed E-state index contributed by atoms with van der Waals surface area (Å²) in [5, 5.41) is 7.30. The average molecular weight is 380 g/mol. The lowest BCUT2D eigenvalue weighted by Gasteiger charge is -2.08. The van der Waals surface area contributed by atoms with Crippen molar-refractivity contribution in [3.8, 4) is 34.6 Å². The summed E-state index contributed by atoms with van der Waals surface area (Å²) < 4.78 is 18.1. The number of ether oxygens (including phenoxy) is 3. The molecule has 0 bridgehead atoms. The Bertz CT molecular complexity index is 998. The third-order valence-corrected chi connectivity index (χ3v) is 4.21. The fraction of sp³-hybridized carbons (Fsp3) is 0.250. The SMILES string of the molecule is CCOc1nc(-c2ccc3c(c2)OCO3)n(-c2ccc(NC(=O)CC)cc2)n1. The molecule has 0 saturated carbocycles. The van der Waals surface area contributed by atoms with Crippen LogP contribution in [0.15, 0.2) is 42.5 Å². The highest BCUT2D eigenvalue weighted by molar-refractivity contribution is 5.90. The normalized spacial score (nSPS) is 12.1. The molecule has 2 heterocycles. The van der Waals surface area contributed by atoms with Gasteiger partial charge in [-0.3, -0.25) is 4.79 Å². The molecule has 0 atom stereocenters. The van der Waals surface area contributed by atoms with Gasteiger partial charge in [-0.2, -0.15) is 4.98 Å². The number of nitrogens with zero attached hydrogens (tertiary/aromatic N) is 3. The van der Waals surface area contributed by atoms with Crippen molar-refractivity contribution >= 4 is 11.6 Å². The molecule has 8 nitrogen and oxygen atoms in total. The number of rotatable bonds is 6. The number of carbonyl (C=O) groups excluding carboxylic acids is 1. The van der Waals surface area contributed by atoms with Gasteiger partial charge in [0.25, 0.3) is 0 Å². The van der Waals surface area contributed by atoms with E-state index < -0.39 is 0 Å². The molecule has 0 aliphatic carbocycles. The average Bonchev–Trinajstić information content (AvgIpc) is 3.35. The van der Waals surface area contributed by atoms with E-state index in [9.17, 15) is 4.79 Å². The smallest absolute Gasteiger partial charge is 0.336 e. The van der Waals surface area contributed by atoms with Crippen LogP contribution in [0.3, 0.4) is 0 Å². The summed E-state index contributed by atoms with van der Waals surface area (Å²) >= 11 is 0. The van der Waals surface area contributed by atoms with E-state index in [0.717, 1.165) is 16.9 Å². The van der Waals surface area contributed by atoms with Crippen LogP contribution < -0.4 is 19.5 Å². The predicted octanol–water partition coefficient (Wildman–Crippen LogP) is 3.41. The molecule has 1 aliphatic rings. The first-order valence-corrected chi connectivity index (χ1v) is 9.08. The van der Waals surface area contributed by atoms with Crippen molar-refractivity contribution in [1.82, 2.24) is 14.8 Å². The van der Waals surface area contributed by atoms with Crippen molar-refractivity contribution in [3.05, 3.63) is 42.5 Å². The van der Waals surface area contributed by atoms with Crippen LogP contribution in [-0.2, 0) is 4.79 Å². The fourth-order valence-electron chi connectivity index (χ4n) is 2.82. The van der Waals surface area contributed by atoms with E-state index >= 15 is 0 Å². The molecular weight excluding hydrogens is 360 g/mol. The second-order valence-corrected chi connectivity index (χ2v) is 6.08. The van der Waals surface area contributed by atoms with E-state index in [4.69, 9.17) is 14.2 Å². The molecule has 2 aromatic carbocycles. The summed E-state index contributed by atoms with van der Waals surface area (Å²) in [7, 11) is 0. The Balaban J connectivity index is 1.71. The largest absolute Gasteiger partial charge is 0.463 e. The lowest BCUT2D eigenvalue weighted by Crippen LogP contribution is -2.09. The van der Waals surface area contributed by atoms with Gasteiger partial charge in [0.05, 0.1) is 12.3 Å². The molecule has 0 radical (unpaired) electrons. The van der Waals surface area contributed by atoms with Gasteiger partial charge in [-0.1, -0.05) is 6.92 Å². The predicted molar refractivity (Wildman–Crippen MR) is 103 cm³/mol. The summed E-state index contributed by atoms with van der Waals surface area (Å²) in [6.07, 6.45) is 0.427. The molecule has 1 aliphatic heterocycles. The monoisotopic (exact) mass is 380 g/mol. The zero-order chi connectivity index (χ0) is 19.5. The van der Waals surface area contributed by atoms with Crippen molar-refractivity contribution < 1.29 is 19.0 Å². The van der Waals surface area contributed by atoms with Crippen LogP contribution in [0.2, 0.25) is 0 Å². The molecule has 0 unspecified atom stereocenters. The molecule has 1 aromatic heterocycles. The highest BCUT2D eigenvalue weighted by atomic mass is 16.7. The third-order valence-electron chi connectivity index (χ3n) is 4.21. The van der Waals surface area contributed by atoms with Crippen LogP contribution in [0.1, 0.15) is 20.3 Å². The third kappa shape index (κ3) is 3.48. The van der Waals surface area contributed by atoms with Crippen LogP contribution in [-0.4, -0.2) is 34.1 Å². The number of hydrogen-bond acceptors (Lipinski definition) is 6. The number of benzene rings is 2. The summed E-state index contributed by atoms with van der Waals surface area (Å²) in [5.41, 5.74) is 2.34. The molecule has 0 spiro atoms. The maximum atomic E-state index is 11.6. The Morgan fingerprint density at radius 1 is 1.14 bits per heavy atom. The van der Waals surface area contributed by atoms with Gasteiger partial charge in [-0.25, -0.2) is 4.68 Å². The Hall–Kier alpha value is -3.55. The van der Waals surface area contributed by atoms with E-state index in [1.165, 1.54) is 0 Å². The van der Waals surface area contributed by atoms with Crippen molar-refractivity contribution in [1.29, 1.82) is 0 Å². The first-order chi connectivity index (χ1) is 13.7. The number of fused-ring (bicyclic) bond motifs is 1. The quantitative estimate of drug-likeness (QED) is 0.705. The van der Waals surface area contributed by atoms with Gasteiger partial charge in [0, 0.05) is 17.7 Å². The minimum atomic E-state index is -0.0341. The van der Waals surface area contributed by atoms with E-state index in [1.807, 2.05) is 56.3 Å². The lowest BCUT2D eigenvalue weighted by molar-refractivity contribution is -0.115. The van der Waals surface area contributed by atoms with Crippen molar-refractivity contribution in [3.63, 3.8) is 0 Å². The maximum absolute atomic E-state index is 11.6. The van der Waals surface area contributed by atoms with Crippen LogP contribution in [0.4, 0.5) is 5.69 Å². The standard InChI is InChI=1S/C20H20N4O4/c1-3-18(25)21-14-6-8-15(9-7-14)24-19(22-20(23-24)26-4-2)13-5-10-16-17(11-13)28-12-27-16/h5-11H,3-4,12H2,1-2H3,(H,21,25). The molecule has 0 fully saturated rings. The number of amides is 1. The van der Waals surface area contributed by atoms with Crippen molar-refractivity contribution in [2.45, 2.75) is 20.3 Å². The maximum Gasteiger partial charge on any atom is 0.336 e. The van der Waals surface area contributed by atoms with Gasteiger partial charge >= 0.3 is 6.01 Å². The topological polar surface area (TPSA) is 87.5 Å². The second-order valence-electron chi connectivity index (χ2n) is 6.08. The van der Waals surface area contributed by atoms with Crippen molar-refractivity contribution in [2.75, 3.05) is 18.7 Å². The van der Waals surface area contributed by atoms with E-state index in [-0.39, 0.29) is 12.7 Å². The molecule has 4 rings (SSSR count). The molecule has 144 valence electrons. The van der Waals surface area contributed by atoms with Gasteiger partial charge < -0.3 is 19.5 Å². The first kappa shape index (κ1) is 17.8. The molecule has 0 saturated heterocycles. The van der Waals surface area contributed by atoms with E-state index in [2.05, 4.69) is 15.4 Å². The van der Waals surface area contributed by atoms with E-state index in [1.54, 1.807) is 4.68 Å². The summed E-state index contributed by atoms with van der Waals surface area (Å²) in [5.74, 6) is 1.96. The first-order valence-electron chi connectivity index (χ1n) is 9.08. The van der Waals surface area contributed by atoms with Crippen molar-refractivity contribution in [2.24, 2.45) is 0 Å². The molecule has 1 amide bonds. The number of carbonyl (C=O) groups is 1. The summed E-state index contributed by atoms with van der Waals surface area (Å²) in [4.78, 5) is 16.1. The Kier molecular flexibility index (Phi) is 4.84. The minimum absolute atomic E-state index is 0.0341. The van der Waals surface area contributed by atoms with E-state index in [0.29, 0.717) is 36.4 Å². The Morgan fingerprint density at radius 3 is 2.68 bits per heavy atom. The van der Waals surface area contributed by atoms with Gasteiger partial charge in [0.2, 0.25) is 12.7 Å². The number of nitrogens with one attached hydrogen (secondary N) is 1. The molecule has 1 N–H and O–H groups in total. The van der Waals surface area contributed by atoms with Crippen LogP contribution >= 0.6 is 0 Å². The zero-order valence-electron chi connectivity index (χ0n) is 15.6. The molecule has 8 heteroatoms. The fourth-order valence-corrected chi connectivity index (χ4v) is 2.82. The van der Waals surface area contributed by atoms with Gasteiger partial charge in [0.15, 0.2) is 17.3 Å². The summed E-state index contributed by atoms with van der Waals surface area (Å²) in [6, 6.07) is 13.3. The Morgan fingerprint density at radius 2 is 1.93 bits per heavy atom. The van der Waals surface area contributed by atoms with Crippen LogP contribution in [0.25, 0.3) is 17.1 Å². The minimum Gasteiger partial charge on any atom is -0.463 e. The van der Waals surface area contributed by atoms with Gasteiger partial charge in [0.1, 0.15) is 0 Å². The van der Waals surface area contributed by atoms with Crippen LogP contribution in [0.5, 0.6) is 17.5 Å². The van der Waals surface area contributed by atoms with Gasteiger partial charge in [-0.15, -0.1) is 5.10 Å². The number of anilines is 1. The highest BCUT2D eigenvalue weighted by Gasteiger charge is 2.19.